The number of pyridine rings is 1. The first kappa shape index (κ1) is 30.1. The maximum Gasteiger partial charge on any atom is 0.407 e. The number of ether oxygens (including phenoxy) is 2. The monoisotopic (exact) mass is 664 g/mol. The molecule has 4 aromatic rings. The van der Waals surface area contributed by atoms with Crippen LogP contribution in [-0.2, 0) is 0 Å². The number of fused-ring (bicyclic) bond motifs is 7. The minimum atomic E-state index is -0.985. The lowest BCUT2D eigenvalue weighted by molar-refractivity contribution is 0.0706. The first-order chi connectivity index (χ1) is 23.7. The third kappa shape index (κ3) is 4.41. The molecule has 5 aliphatic rings. The van der Waals surface area contributed by atoms with Crippen LogP contribution in [0.1, 0.15) is 38.2 Å². The Morgan fingerprint density at radius 2 is 2.00 bits per heavy atom. The molecule has 12 heteroatoms. The van der Waals surface area contributed by atoms with Gasteiger partial charge in [0.05, 0.1) is 23.7 Å². The van der Waals surface area contributed by atoms with E-state index in [9.17, 15) is 14.3 Å². The van der Waals surface area contributed by atoms with Gasteiger partial charge in [0.15, 0.2) is 5.82 Å². The molecular weight excluding hydrogens is 630 g/mol. The molecule has 1 N–H and O–H groups in total. The molecule has 4 saturated heterocycles. The zero-order valence-corrected chi connectivity index (χ0v) is 26.9. The van der Waals surface area contributed by atoms with E-state index in [2.05, 4.69) is 22.4 Å². The van der Waals surface area contributed by atoms with Gasteiger partial charge in [0.2, 0.25) is 5.88 Å². The Morgan fingerprint density at radius 1 is 1.18 bits per heavy atom. The lowest BCUT2D eigenvalue weighted by Crippen LogP contribution is -2.64. The lowest BCUT2D eigenvalue weighted by atomic mass is 9.93. The second kappa shape index (κ2) is 10.7. The number of hydrogen-bond acceptors (Lipinski definition) is 8. The number of aromatic nitrogens is 3. The maximum atomic E-state index is 17.2. The number of piperazine rings is 1. The second-order valence-electron chi connectivity index (χ2n) is 14.1. The molecule has 2 aromatic carbocycles. The Hall–Kier alpha value is -5.02. The standard InChI is InChI=1S/C37H34F2N6O4/c1-4-21-7-5-8-22-9-6-10-25(27(21)22)30-29(39)31-28-33(42-35(41-31)48-18-37-13-19(2)15-43(37)16-23(38)14-37)44-17-24-11-12-26(45(24)36(46)47)32(44)20(3)49-34(28)40-30/h1,5-10,20,23-24,26,32H,2,11-18H2,3H3,(H,46,47)/t20?,23-,24?,26?,32?,37?/m1/s1. The summed E-state index contributed by atoms with van der Waals surface area (Å²) < 4.78 is 44.8. The van der Waals surface area contributed by atoms with E-state index in [0.29, 0.717) is 73.0 Å². The van der Waals surface area contributed by atoms with Crippen molar-refractivity contribution in [3.05, 3.63) is 59.9 Å². The minimum Gasteiger partial charge on any atom is -0.472 e. The zero-order valence-electron chi connectivity index (χ0n) is 26.9. The topological polar surface area (TPSA) is 104 Å². The predicted molar refractivity (Wildman–Crippen MR) is 179 cm³/mol. The van der Waals surface area contributed by atoms with Gasteiger partial charge in [0.1, 0.15) is 41.3 Å². The number of carboxylic acid groups (broad SMARTS) is 1. The Morgan fingerprint density at radius 3 is 2.80 bits per heavy atom. The van der Waals surface area contributed by atoms with Gasteiger partial charge in [-0.3, -0.25) is 9.80 Å². The Labute approximate surface area is 281 Å². The maximum absolute atomic E-state index is 17.2. The number of alkyl halides is 1. The third-order valence-corrected chi connectivity index (χ3v) is 11.2. The first-order valence-corrected chi connectivity index (χ1v) is 16.7. The highest BCUT2D eigenvalue weighted by molar-refractivity contribution is 6.03. The largest absolute Gasteiger partial charge is 0.472 e. The summed E-state index contributed by atoms with van der Waals surface area (Å²) in [5.74, 6) is 2.56. The van der Waals surface area contributed by atoms with Crippen molar-refractivity contribution < 1.29 is 28.2 Å². The van der Waals surface area contributed by atoms with Crippen LogP contribution in [0.25, 0.3) is 32.9 Å². The van der Waals surface area contributed by atoms with Crippen LogP contribution in [0, 0.1) is 18.2 Å². The van der Waals surface area contributed by atoms with Crippen LogP contribution in [0.4, 0.5) is 19.4 Å². The van der Waals surface area contributed by atoms with Crippen LogP contribution in [0.5, 0.6) is 11.9 Å². The van der Waals surface area contributed by atoms with E-state index in [1.165, 1.54) is 4.90 Å². The number of anilines is 1. The molecule has 0 radical (unpaired) electrons. The van der Waals surface area contributed by atoms with Gasteiger partial charge in [0.25, 0.3) is 0 Å². The third-order valence-electron chi connectivity index (χ3n) is 11.2. The molecule has 9 rings (SSSR count). The van der Waals surface area contributed by atoms with Crippen molar-refractivity contribution in [2.45, 2.75) is 68.5 Å². The molecule has 5 unspecified atom stereocenters. The summed E-state index contributed by atoms with van der Waals surface area (Å²) in [6.07, 6.45) is 5.63. The van der Waals surface area contributed by atoms with Crippen molar-refractivity contribution in [2.24, 2.45) is 0 Å². The number of halogens is 2. The number of terminal acetylenes is 1. The minimum absolute atomic E-state index is 0.0140. The molecule has 7 heterocycles. The number of nitrogens with zero attached hydrogens (tertiary/aromatic N) is 6. The first-order valence-electron chi connectivity index (χ1n) is 16.7. The number of carbonyl (C=O) groups is 1. The van der Waals surface area contributed by atoms with Gasteiger partial charge >= 0.3 is 12.1 Å². The fourth-order valence-corrected chi connectivity index (χ4v) is 9.27. The van der Waals surface area contributed by atoms with Crippen LogP contribution in [0.15, 0.2) is 48.6 Å². The lowest BCUT2D eigenvalue weighted by Gasteiger charge is -2.47. The van der Waals surface area contributed by atoms with E-state index in [0.717, 1.165) is 11.0 Å². The molecule has 1 amide bonds. The van der Waals surface area contributed by atoms with Crippen molar-refractivity contribution in [1.82, 2.24) is 24.8 Å². The average Bonchev–Trinajstić information content (AvgIpc) is 3.64. The van der Waals surface area contributed by atoms with E-state index < -0.39 is 35.8 Å². The summed E-state index contributed by atoms with van der Waals surface area (Å²) in [6.45, 7) is 7.37. The Balaban J connectivity index is 1.24. The van der Waals surface area contributed by atoms with E-state index in [-0.39, 0.29) is 41.8 Å². The van der Waals surface area contributed by atoms with Crippen LogP contribution < -0.4 is 14.4 Å². The van der Waals surface area contributed by atoms with Crippen LogP contribution in [0.2, 0.25) is 0 Å². The summed E-state index contributed by atoms with van der Waals surface area (Å²) in [6, 6.07) is 9.95. The highest BCUT2D eigenvalue weighted by atomic mass is 19.1. The van der Waals surface area contributed by atoms with Crippen molar-refractivity contribution in [3.8, 4) is 35.5 Å². The van der Waals surface area contributed by atoms with E-state index >= 15 is 4.39 Å². The molecule has 5 aliphatic heterocycles. The summed E-state index contributed by atoms with van der Waals surface area (Å²) >= 11 is 0. The van der Waals surface area contributed by atoms with Gasteiger partial charge in [-0.2, -0.15) is 9.97 Å². The van der Waals surface area contributed by atoms with Gasteiger partial charge < -0.3 is 19.5 Å². The number of hydrogen-bond donors (Lipinski definition) is 1. The molecule has 0 spiro atoms. The van der Waals surface area contributed by atoms with Crippen molar-refractivity contribution in [1.29, 1.82) is 0 Å². The smallest absolute Gasteiger partial charge is 0.407 e. The SMILES string of the molecule is C#Cc1cccc2cccc(-c3nc4c5c(nc(OCC67CC(=C)CN6C[C@H](F)C7)nc5c3F)N3CC5CCC(C3C(C)O4)N5C(=O)O)c12. The molecule has 10 nitrogen and oxygen atoms in total. The number of amides is 1. The van der Waals surface area contributed by atoms with E-state index in [1.54, 1.807) is 12.1 Å². The van der Waals surface area contributed by atoms with Gasteiger partial charge in [-0.05, 0) is 37.6 Å². The normalized spacial score (nSPS) is 28.7. The molecule has 2 bridgehead atoms. The number of rotatable bonds is 4. The summed E-state index contributed by atoms with van der Waals surface area (Å²) in [4.78, 5) is 32.4. The molecule has 6 atom stereocenters. The van der Waals surface area contributed by atoms with Crippen molar-refractivity contribution >= 4 is 33.6 Å². The highest BCUT2D eigenvalue weighted by Gasteiger charge is 2.54. The second-order valence-corrected chi connectivity index (χ2v) is 14.1. The summed E-state index contributed by atoms with van der Waals surface area (Å²) in [5, 5.41) is 12.0. The van der Waals surface area contributed by atoms with Crippen molar-refractivity contribution in [3.63, 3.8) is 0 Å². The fraction of sp³-hybridized carbons (Fsp3) is 0.405. The number of benzene rings is 2. The molecule has 0 saturated carbocycles. The van der Waals surface area contributed by atoms with Crippen LogP contribution in [-0.4, -0.2) is 98.1 Å². The average molecular weight is 665 g/mol. The Bertz CT molecular complexity index is 2130. The summed E-state index contributed by atoms with van der Waals surface area (Å²) in [7, 11) is 0. The van der Waals surface area contributed by atoms with Gasteiger partial charge in [-0.15, -0.1) is 6.42 Å². The van der Waals surface area contributed by atoms with Gasteiger partial charge in [-0.1, -0.05) is 48.4 Å². The highest BCUT2D eigenvalue weighted by Crippen LogP contribution is 2.47. The summed E-state index contributed by atoms with van der Waals surface area (Å²) in [5.41, 5.74) is 1.48. The molecule has 49 heavy (non-hydrogen) atoms. The molecular formula is C37H34F2N6O4. The van der Waals surface area contributed by atoms with Crippen molar-refractivity contribution in [2.75, 3.05) is 31.1 Å². The quantitative estimate of drug-likeness (QED) is 0.222. The fourth-order valence-electron chi connectivity index (χ4n) is 9.27. The predicted octanol–water partition coefficient (Wildman–Crippen LogP) is 5.57. The Kier molecular flexibility index (Phi) is 6.59. The molecule has 0 aliphatic carbocycles. The molecule has 2 aromatic heterocycles. The van der Waals surface area contributed by atoms with E-state index in [1.807, 2.05) is 36.1 Å². The molecule has 250 valence electrons. The van der Waals surface area contributed by atoms with Gasteiger partial charge in [0, 0.05) is 42.6 Å². The van der Waals surface area contributed by atoms with E-state index in [4.69, 9.17) is 25.9 Å². The van der Waals surface area contributed by atoms with Crippen LogP contribution in [0.3, 0.4) is 0 Å². The van der Waals surface area contributed by atoms with Gasteiger partial charge in [-0.25, -0.2) is 18.6 Å². The van der Waals surface area contributed by atoms with Crippen LogP contribution >= 0.6 is 0 Å². The zero-order chi connectivity index (χ0) is 33.8. The molecule has 4 fully saturated rings.